The lowest BCUT2D eigenvalue weighted by Gasteiger charge is -2.27. The van der Waals surface area contributed by atoms with Crippen LogP contribution in [0, 0.1) is 16.0 Å². The number of rotatable bonds is 5. The van der Waals surface area contributed by atoms with Crippen LogP contribution in [0.5, 0.6) is 11.5 Å². The van der Waals surface area contributed by atoms with Crippen LogP contribution in [0.25, 0.3) is 0 Å². The first kappa shape index (κ1) is 15.9. The van der Waals surface area contributed by atoms with E-state index in [1.807, 2.05) is 0 Å². The fourth-order valence-corrected chi connectivity index (χ4v) is 2.86. The number of halogens is 1. The fourth-order valence-electron chi connectivity index (χ4n) is 2.65. The number of nitrogens with zero attached hydrogens (tertiary/aromatic N) is 1. The molecule has 2 rings (SSSR count). The third-order valence-electron chi connectivity index (χ3n) is 3.96. The van der Waals surface area contributed by atoms with Crippen LogP contribution in [-0.2, 0) is 5.88 Å². The molecule has 0 spiro atoms. The molecule has 0 radical (unpaired) electrons. The average Bonchev–Trinajstić information content (AvgIpc) is 2.49. The third kappa shape index (κ3) is 3.79. The zero-order chi connectivity index (χ0) is 15.4. The van der Waals surface area contributed by atoms with Crippen molar-refractivity contribution in [2.45, 2.75) is 44.6 Å². The Hall–Kier alpha value is -1.49. The summed E-state index contributed by atoms with van der Waals surface area (Å²) in [5, 5.41) is 11.1. The predicted molar refractivity (Wildman–Crippen MR) is 81.3 cm³/mol. The predicted octanol–water partition coefficient (Wildman–Crippen LogP) is 4.30. The number of benzene rings is 1. The highest BCUT2D eigenvalue weighted by Crippen LogP contribution is 2.37. The van der Waals surface area contributed by atoms with Crippen LogP contribution in [0.4, 0.5) is 5.69 Å². The number of alkyl halides is 1. The van der Waals surface area contributed by atoms with Gasteiger partial charge in [-0.25, -0.2) is 0 Å². The van der Waals surface area contributed by atoms with E-state index in [0.717, 1.165) is 31.6 Å². The van der Waals surface area contributed by atoms with Gasteiger partial charge in [0, 0.05) is 5.56 Å². The van der Waals surface area contributed by atoms with Crippen LogP contribution in [0.3, 0.4) is 0 Å². The average molecular weight is 314 g/mol. The summed E-state index contributed by atoms with van der Waals surface area (Å²) in [7, 11) is 1.52. The molecule has 0 aliphatic heterocycles. The van der Waals surface area contributed by atoms with Gasteiger partial charge in [-0.2, -0.15) is 0 Å². The maximum atomic E-state index is 11.1. The number of nitro groups is 1. The highest BCUT2D eigenvalue weighted by atomic mass is 35.5. The molecule has 1 fully saturated rings. The van der Waals surface area contributed by atoms with Crippen molar-refractivity contribution < 1.29 is 14.4 Å². The lowest BCUT2D eigenvalue weighted by Crippen LogP contribution is -2.23. The van der Waals surface area contributed by atoms with E-state index in [4.69, 9.17) is 21.1 Å². The van der Waals surface area contributed by atoms with Gasteiger partial charge in [0.2, 0.25) is 0 Å². The number of nitro benzene ring substituents is 1. The van der Waals surface area contributed by atoms with Gasteiger partial charge in [-0.15, -0.1) is 11.6 Å². The lowest BCUT2D eigenvalue weighted by molar-refractivity contribution is -0.385. The van der Waals surface area contributed by atoms with Gasteiger partial charge in [-0.3, -0.25) is 10.1 Å². The number of hydrogen-bond acceptors (Lipinski definition) is 4. The molecule has 6 heteroatoms. The lowest BCUT2D eigenvalue weighted by atomic mass is 9.89. The van der Waals surface area contributed by atoms with Gasteiger partial charge < -0.3 is 9.47 Å². The first-order valence-corrected chi connectivity index (χ1v) is 7.66. The van der Waals surface area contributed by atoms with Crippen molar-refractivity contribution in [1.82, 2.24) is 0 Å². The van der Waals surface area contributed by atoms with E-state index in [1.54, 1.807) is 6.07 Å². The van der Waals surface area contributed by atoms with Gasteiger partial charge in [0.1, 0.15) is 0 Å². The quantitative estimate of drug-likeness (QED) is 0.462. The summed E-state index contributed by atoms with van der Waals surface area (Å²) >= 11 is 5.76. The van der Waals surface area contributed by atoms with E-state index < -0.39 is 4.92 Å². The molecule has 1 aliphatic rings. The van der Waals surface area contributed by atoms with E-state index in [-0.39, 0.29) is 17.7 Å². The van der Waals surface area contributed by atoms with Gasteiger partial charge >= 0.3 is 0 Å². The highest BCUT2D eigenvalue weighted by molar-refractivity contribution is 6.17. The second-order valence-corrected chi connectivity index (χ2v) is 5.79. The molecule has 0 unspecified atom stereocenters. The molecule has 1 aromatic carbocycles. The van der Waals surface area contributed by atoms with Gasteiger partial charge in [-0.05, 0) is 37.7 Å². The van der Waals surface area contributed by atoms with Crippen LogP contribution >= 0.6 is 11.6 Å². The zero-order valence-corrected chi connectivity index (χ0v) is 13.1. The van der Waals surface area contributed by atoms with Crippen molar-refractivity contribution in [3.8, 4) is 11.5 Å². The third-order valence-corrected chi connectivity index (χ3v) is 4.25. The Balaban J connectivity index is 2.24. The molecule has 0 saturated heterocycles. The first-order chi connectivity index (χ1) is 10.0. The van der Waals surface area contributed by atoms with Gasteiger partial charge in [-0.1, -0.05) is 6.92 Å². The van der Waals surface area contributed by atoms with Gasteiger partial charge in [0.25, 0.3) is 5.69 Å². The van der Waals surface area contributed by atoms with Crippen molar-refractivity contribution >= 4 is 17.3 Å². The molecular formula is C15H20ClNO4. The Morgan fingerprint density at radius 3 is 2.48 bits per heavy atom. The molecule has 0 atom stereocenters. The molecule has 0 amide bonds. The highest BCUT2D eigenvalue weighted by Gasteiger charge is 2.24. The largest absolute Gasteiger partial charge is 0.493 e. The summed E-state index contributed by atoms with van der Waals surface area (Å²) in [5.74, 6) is 1.71. The van der Waals surface area contributed by atoms with Crippen molar-refractivity contribution in [1.29, 1.82) is 0 Å². The molecule has 1 saturated carbocycles. The maximum absolute atomic E-state index is 11.1. The fraction of sp³-hybridized carbons (Fsp3) is 0.600. The smallest absolute Gasteiger partial charge is 0.277 e. The van der Waals surface area contributed by atoms with Crippen LogP contribution in [0.2, 0.25) is 0 Å². The van der Waals surface area contributed by atoms with Crippen LogP contribution < -0.4 is 9.47 Å². The molecule has 21 heavy (non-hydrogen) atoms. The van der Waals surface area contributed by atoms with Crippen LogP contribution in [0.15, 0.2) is 12.1 Å². The Morgan fingerprint density at radius 2 is 1.95 bits per heavy atom. The molecular weight excluding hydrogens is 294 g/mol. The minimum atomic E-state index is -0.438. The van der Waals surface area contributed by atoms with E-state index >= 15 is 0 Å². The summed E-state index contributed by atoms with van der Waals surface area (Å²) in [6.45, 7) is 2.23. The van der Waals surface area contributed by atoms with Gasteiger partial charge in [0.05, 0.1) is 30.1 Å². The molecule has 5 nitrogen and oxygen atoms in total. The number of ether oxygens (including phenoxy) is 2. The maximum Gasteiger partial charge on any atom is 0.277 e. The summed E-state index contributed by atoms with van der Waals surface area (Å²) in [6, 6.07) is 3.01. The van der Waals surface area contributed by atoms with Crippen molar-refractivity contribution in [3.05, 3.63) is 27.8 Å². The monoisotopic (exact) mass is 313 g/mol. The molecule has 0 aromatic heterocycles. The van der Waals surface area contributed by atoms with Crippen molar-refractivity contribution in [3.63, 3.8) is 0 Å². The first-order valence-electron chi connectivity index (χ1n) is 7.13. The summed E-state index contributed by atoms with van der Waals surface area (Å²) in [5.41, 5.74) is 0.410. The minimum absolute atomic E-state index is 0.0232. The van der Waals surface area contributed by atoms with Crippen molar-refractivity contribution in [2.24, 2.45) is 5.92 Å². The summed E-state index contributed by atoms with van der Waals surface area (Å²) in [4.78, 5) is 10.7. The summed E-state index contributed by atoms with van der Waals surface area (Å²) in [6.07, 6.45) is 4.27. The molecule has 116 valence electrons. The van der Waals surface area contributed by atoms with E-state index in [1.165, 1.54) is 13.2 Å². The molecule has 1 aromatic rings. The van der Waals surface area contributed by atoms with E-state index in [0.29, 0.717) is 17.1 Å². The molecule has 0 heterocycles. The number of hydrogen-bond donors (Lipinski definition) is 0. The topological polar surface area (TPSA) is 61.6 Å². The summed E-state index contributed by atoms with van der Waals surface area (Å²) < 4.78 is 11.2. The molecule has 0 bridgehead atoms. The van der Waals surface area contributed by atoms with Crippen LogP contribution in [0.1, 0.15) is 38.2 Å². The Bertz CT molecular complexity index is 513. The van der Waals surface area contributed by atoms with E-state index in [9.17, 15) is 10.1 Å². The SMILES string of the molecule is COc1cc(CCl)c([N+](=O)[O-])cc1OC1CCC(C)CC1. The second-order valence-electron chi connectivity index (χ2n) is 5.52. The normalized spacial score (nSPS) is 21.9. The Labute approximate surface area is 129 Å². The Morgan fingerprint density at radius 1 is 1.29 bits per heavy atom. The van der Waals surface area contributed by atoms with Gasteiger partial charge in [0.15, 0.2) is 11.5 Å². The molecule has 1 aliphatic carbocycles. The van der Waals surface area contributed by atoms with E-state index in [2.05, 4.69) is 6.92 Å². The second kappa shape index (κ2) is 6.98. The Kier molecular flexibility index (Phi) is 5.28. The minimum Gasteiger partial charge on any atom is -0.493 e. The zero-order valence-electron chi connectivity index (χ0n) is 12.3. The number of methoxy groups -OCH3 is 1. The van der Waals surface area contributed by atoms with Crippen molar-refractivity contribution in [2.75, 3.05) is 7.11 Å². The standard InChI is InChI=1S/C15H20ClNO4/c1-10-3-5-12(6-4-10)21-15-8-13(17(18)19)11(9-16)7-14(15)20-2/h7-8,10,12H,3-6,9H2,1-2H3. The van der Waals surface area contributed by atoms with Crippen LogP contribution in [-0.4, -0.2) is 18.1 Å². The molecule has 0 N–H and O–H groups in total.